The SMILES string of the molecule is [C-]#[N+]C(C)(CCC(=O)CCCOCCOCC(=O)CCCOCCOCC(=O)CCCOCCC(C)C)C(C)C. The summed E-state index contributed by atoms with van der Waals surface area (Å²) in [6.07, 6.45) is 5.31. The topological polar surface area (TPSA) is 102 Å². The van der Waals surface area contributed by atoms with Gasteiger partial charge in [0.25, 0.3) is 0 Å². The van der Waals surface area contributed by atoms with Crippen LogP contribution in [0, 0.1) is 18.4 Å². The number of nitrogens with zero attached hydrogens (tertiary/aromatic N) is 1. The van der Waals surface area contributed by atoms with Crippen molar-refractivity contribution in [2.45, 2.75) is 97.9 Å². The van der Waals surface area contributed by atoms with Crippen LogP contribution < -0.4 is 0 Å². The van der Waals surface area contributed by atoms with Gasteiger partial charge in [-0.25, -0.2) is 6.57 Å². The van der Waals surface area contributed by atoms with E-state index in [-0.39, 0.29) is 36.5 Å². The van der Waals surface area contributed by atoms with Gasteiger partial charge in [-0.2, -0.15) is 0 Å². The number of hydrogen-bond acceptors (Lipinski definition) is 8. The molecule has 1 unspecified atom stereocenters. The van der Waals surface area contributed by atoms with Crippen LogP contribution in [0.15, 0.2) is 0 Å². The van der Waals surface area contributed by atoms with Gasteiger partial charge in [0.15, 0.2) is 11.6 Å². The molecule has 0 aromatic heterocycles. The molecule has 0 saturated heterocycles. The first-order chi connectivity index (χ1) is 19.1. The fraction of sp³-hybridized carbons (Fsp3) is 0.871. The van der Waals surface area contributed by atoms with Crippen molar-refractivity contribution in [1.29, 1.82) is 0 Å². The minimum absolute atomic E-state index is 0.0111. The Morgan fingerprint density at radius 2 is 1.05 bits per heavy atom. The normalized spacial score (nSPS) is 12.9. The van der Waals surface area contributed by atoms with E-state index < -0.39 is 5.54 Å². The van der Waals surface area contributed by atoms with Gasteiger partial charge in [-0.1, -0.05) is 27.7 Å². The van der Waals surface area contributed by atoms with Gasteiger partial charge in [0.2, 0.25) is 5.54 Å². The molecule has 1 atom stereocenters. The van der Waals surface area contributed by atoms with E-state index in [1.54, 1.807) is 0 Å². The van der Waals surface area contributed by atoms with Gasteiger partial charge >= 0.3 is 0 Å². The summed E-state index contributed by atoms with van der Waals surface area (Å²) >= 11 is 0. The van der Waals surface area contributed by atoms with E-state index in [1.807, 2.05) is 20.8 Å². The standard InChI is InChI=1S/C31H55NO8/c1-26(2)14-19-36-16-8-11-29(34)24-40-23-21-38-18-9-12-30(35)25-39-22-20-37-17-7-10-28(33)13-15-31(5,32-6)27(3)4/h26-27H,7-25H2,1-5H3. The molecule has 0 aromatic rings. The molecule has 0 heterocycles. The van der Waals surface area contributed by atoms with Crippen molar-refractivity contribution < 1.29 is 38.1 Å². The summed E-state index contributed by atoms with van der Waals surface area (Å²) in [6.45, 7) is 21.5. The van der Waals surface area contributed by atoms with E-state index in [0.29, 0.717) is 104 Å². The average Bonchev–Trinajstić information content (AvgIpc) is 2.91. The summed E-state index contributed by atoms with van der Waals surface area (Å²) in [4.78, 5) is 39.4. The summed E-state index contributed by atoms with van der Waals surface area (Å²) in [5.41, 5.74) is -0.478. The fourth-order valence-electron chi connectivity index (χ4n) is 3.48. The summed E-state index contributed by atoms with van der Waals surface area (Å²) in [5, 5.41) is 0. The molecule has 0 bridgehead atoms. The molecule has 0 aromatic carbocycles. The van der Waals surface area contributed by atoms with Crippen LogP contribution >= 0.6 is 0 Å². The van der Waals surface area contributed by atoms with E-state index in [4.69, 9.17) is 30.3 Å². The predicted octanol–water partition coefficient (Wildman–Crippen LogP) is 5.28. The van der Waals surface area contributed by atoms with Gasteiger partial charge in [0.1, 0.15) is 19.0 Å². The Kier molecular flexibility index (Phi) is 24.0. The Hall–Kier alpha value is -1.70. The van der Waals surface area contributed by atoms with Gasteiger partial charge in [-0.3, -0.25) is 14.4 Å². The molecule has 232 valence electrons. The Bertz CT molecular complexity index is 719. The third-order valence-electron chi connectivity index (χ3n) is 6.75. The summed E-state index contributed by atoms with van der Waals surface area (Å²) in [6, 6.07) is 0. The molecule has 0 aliphatic heterocycles. The number of ketones is 3. The van der Waals surface area contributed by atoms with Crippen molar-refractivity contribution >= 4 is 17.3 Å². The van der Waals surface area contributed by atoms with Gasteiger partial charge in [0.05, 0.1) is 26.4 Å². The van der Waals surface area contributed by atoms with Gasteiger partial charge < -0.3 is 28.5 Å². The molecule has 0 N–H and O–H groups in total. The number of carbonyl (C=O) groups excluding carboxylic acids is 3. The lowest BCUT2D eigenvalue weighted by Gasteiger charge is -2.20. The smallest absolute Gasteiger partial charge is 0.232 e. The maximum absolute atomic E-state index is 12.1. The molecule has 9 heteroatoms. The van der Waals surface area contributed by atoms with Crippen molar-refractivity contribution in [3.63, 3.8) is 0 Å². The van der Waals surface area contributed by atoms with Crippen molar-refractivity contribution in [1.82, 2.24) is 0 Å². The average molecular weight is 570 g/mol. The van der Waals surface area contributed by atoms with Crippen molar-refractivity contribution in [3.8, 4) is 0 Å². The van der Waals surface area contributed by atoms with Crippen LogP contribution in [0.2, 0.25) is 0 Å². The highest BCUT2D eigenvalue weighted by molar-refractivity contribution is 5.80. The molecular weight excluding hydrogens is 514 g/mol. The van der Waals surface area contributed by atoms with Gasteiger partial charge in [0, 0.05) is 71.4 Å². The van der Waals surface area contributed by atoms with E-state index in [1.165, 1.54) is 0 Å². The minimum Gasteiger partial charge on any atom is -0.381 e. The lowest BCUT2D eigenvalue weighted by Crippen LogP contribution is -2.28. The molecule has 0 saturated carbocycles. The molecule has 0 fully saturated rings. The number of carbonyl (C=O) groups is 3. The third-order valence-corrected chi connectivity index (χ3v) is 6.75. The van der Waals surface area contributed by atoms with Gasteiger partial charge in [-0.15, -0.1) is 0 Å². The Morgan fingerprint density at radius 3 is 1.48 bits per heavy atom. The van der Waals surface area contributed by atoms with Crippen molar-refractivity contribution in [2.75, 3.05) is 66.1 Å². The Morgan fingerprint density at radius 1 is 0.625 bits per heavy atom. The summed E-state index contributed by atoms with van der Waals surface area (Å²) in [5.74, 6) is 1.09. The van der Waals surface area contributed by atoms with Crippen LogP contribution in [0.5, 0.6) is 0 Å². The first kappa shape index (κ1) is 38.3. The van der Waals surface area contributed by atoms with Crippen molar-refractivity contribution in [3.05, 3.63) is 11.4 Å². The molecular formula is C31H55NO8. The molecule has 0 aliphatic carbocycles. The number of ether oxygens (including phenoxy) is 5. The van der Waals surface area contributed by atoms with Crippen LogP contribution in [0.25, 0.3) is 4.85 Å². The minimum atomic E-state index is -0.478. The van der Waals surface area contributed by atoms with Crippen LogP contribution in [0.3, 0.4) is 0 Å². The fourth-order valence-corrected chi connectivity index (χ4v) is 3.48. The highest BCUT2D eigenvalue weighted by Gasteiger charge is 2.34. The van der Waals surface area contributed by atoms with Crippen LogP contribution in [-0.4, -0.2) is 89.0 Å². The van der Waals surface area contributed by atoms with E-state index in [0.717, 1.165) is 13.0 Å². The zero-order chi connectivity index (χ0) is 30.1. The van der Waals surface area contributed by atoms with Crippen LogP contribution in [-0.2, 0) is 38.1 Å². The first-order valence-electron chi connectivity index (χ1n) is 14.9. The molecule has 0 spiro atoms. The number of hydrogen-bond donors (Lipinski definition) is 0. The zero-order valence-electron chi connectivity index (χ0n) is 25.8. The number of Topliss-reactive ketones (excluding diaryl/α,β-unsaturated/α-hetero) is 3. The second-order valence-electron chi connectivity index (χ2n) is 11.2. The van der Waals surface area contributed by atoms with E-state index >= 15 is 0 Å². The molecule has 0 aliphatic rings. The van der Waals surface area contributed by atoms with Crippen LogP contribution in [0.1, 0.15) is 92.4 Å². The monoisotopic (exact) mass is 569 g/mol. The van der Waals surface area contributed by atoms with E-state index in [2.05, 4.69) is 18.7 Å². The number of rotatable bonds is 29. The molecule has 0 amide bonds. The maximum Gasteiger partial charge on any atom is 0.232 e. The summed E-state index contributed by atoms with van der Waals surface area (Å²) in [7, 11) is 0. The lowest BCUT2D eigenvalue weighted by atomic mass is 9.84. The first-order valence-corrected chi connectivity index (χ1v) is 14.9. The maximum atomic E-state index is 12.1. The van der Waals surface area contributed by atoms with Gasteiger partial charge in [-0.05, 0) is 31.6 Å². The molecule has 0 radical (unpaired) electrons. The lowest BCUT2D eigenvalue weighted by molar-refractivity contribution is -0.125. The second-order valence-corrected chi connectivity index (χ2v) is 11.2. The predicted molar refractivity (Wildman–Crippen MR) is 155 cm³/mol. The Labute approximate surface area is 242 Å². The third kappa shape index (κ3) is 23.0. The Balaban J connectivity index is 3.46. The van der Waals surface area contributed by atoms with Crippen molar-refractivity contribution in [2.24, 2.45) is 11.8 Å². The quantitative estimate of drug-likeness (QED) is 0.0886. The highest BCUT2D eigenvalue weighted by atomic mass is 16.5. The van der Waals surface area contributed by atoms with Crippen LogP contribution in [0.4, 0.5) is 0 Å². The summed E-state index contributed by atoms with van der Waals surface area (Å²) < 4.78 is 27.1. The molecule has 0 rings (SSSR count). The molecule has 40 heavy (non-hydrogen) atoms. The highest BCUT2D eigenvalue weighted by Crippen LogP contribution is 2.27. The largest absolute Gasteiger partial charge is 0.381 e. The zero-order valence-corrected chi connectivity index (χ0v) is 25.8. The molecule has 9 nitrogen and oxygen atoms in total. The second kappa shape index (κ2) is 25.0. The van der Waals surface area contributed by atoms with E-state index in [9.17, 15) is 14.4 Å².